The van der Waals surface area contributed by atoms with Crippen LogP contribution in [0, 0.1) is 11.8 Å². The third-order valence-electron chi connectivity index (χ3n) is 8.19. The molecule has 2 saturated heterocycles. The molecule has 0 aromatic carbocycles. The summed E-state index contributed by atoms with van der Waals surface area (Å²) >= 11 is 0. The van der Waals surface area contributed by atoms with E-state index in [0.717, 1.165) is 15.5 Å². The third-order valence-corrected chi connectivity index (χ3v) is 8.19. The molecule has 3 unspecified atom stereocenters. The summed E-state index contributed by atoms with van der Waals surface area (Å²) in [6.45, 7) is 20.1. The minimum atomic E-state index is -0.761. The van der Waals surface area contributed by atoms with Gasteiger partial charge in [-0.1, -0.05) is 53.0 Å². The minimum Gasteiger partial charge on any atom is -0.395 e. The number of likely N-dealkylation sites (N-methyl/N-ethyl adjacent to an activating group) is 1. The number of likely N-dealkylation sites (tertiary alicyclic amines) is 2. The van der Waals surface area contributed by atoms with Gasteiger partial charge in [-0.2, -0.15) is 0 Å². The molecular formula is C32H41N3O6. The second-order valence-corrected chi connectivity index (χ2v) is 10.6. The highest BCUT2D eigenvalue weighted by atomic mass is 16.3. The zero-order valence-electron chi connectivity index (χ0n) is 24.5. The van der Waals surface area contributed by atoms with Gasteiger partial charge in [0.1, 0.15) is 0 Å². The van der Waals surface area contributed by atoms with Crippen molar-refractivity contribution >= 4 is 23.6 Å². The third kappa shape index (κ3) is 5.83. The van der Waals surface area contributed by atoms with Crippen LogP contribution < -0.4 is 0 Å². The first-order chi connectivity index (χ1) is 19.5. The number of carbonyl (C=O) groups is 4. The van der Waals surface area contributed by atoms with Crippen molar-refractivity contribution in [1.29, 1.82) is 0 Å². The van der Waals surface area contributed by atoms with Crippen LogP contribution in [-0.2, 0) is 19.2 Å². The van der Waals surface area contributed by atoms with Gasteiger partial charge in [-0.25, -0.2) is 4.90 Å². The van der Waals surface area contributed by atoms with E-state index in [-0.39, 0.29) is 52.7 Å². The standard InChI is InChI=1S/C32H41N3O6/c1-8-11-24-29(22(7)31(40)35(32(24)41)27(18-37)19(4)9-2)25-17-28(38)34(30(39)21(25)6)26-13-12-23(16-20(26)5)33(10-3)14-15-36/h8,11-13,19-20,27,36-37H,1,6-7,9-10,14-18H2,2-5H3/b24-11+,29-25+. The fourth-order valence-electron chi connectivity index (χ4n) is 5.65. The Balaban J connectivity index is 2.05. The average Bonchev–Trinajstić information content (AvgIpc) is 2.95. The first-order valence-corrected chi connectivity index (χ1v) is 14.1. The van der Waals surface area contributed by atoms with Gasteiger partial charge in [-0.15, -0.1) is 0 Å². The van der Waals surface area contributed by atoms with Crippen molar-refractivity contribution in [2.24, 2.45) is 11.8 Å². The normalized spacial score (nSPS) is 24.5. The number of aliphatic hydroxyl groups excluding tert-OH is 2. The van der Waals surface area contributed by atoms with Crippen LogP contribution in [-0.4, -0.2) is 80.9 Å². The molecule has 0 saturated carbocycles. The monoisotopic (exact) mass is 563 g/mol. The molecular weight excluding hydrogens is 522 g/mol. The van der Waals surface area contributed by atoms with Crippen LogP contribution in [0.2, 0.25) is 0 Å². The minimum absolute atomic E-state index is 0.00346. The van der Waals surface area contributed by atoms with Gasteiger partial charge in [0.25, 0.3) is 17.7 Å². The molecule has 3 aliphatic rings. The molecule has 220 valence electrons. The van der Waals surface area contributed by atoms with Crippen molar-refractivity contribution in [1.82, 2.24) is 14.7 Å². The summed E-state index contributed by atoms with van der Waals surface area (Å²) in [7, 11) is 0. The van der Waals surface area contributed by atoms with Gasteiger partial charge in [-0.05, 0) is 43.1 Å². The maximum absolute atomic E-state index is 13.7. The number of hydrogen-bond donors (Lipinski definition) is 2. The second kappa shape index (κ2) is 13.2. The molecule has 9 heteroatoms. The fraction of sp³-hybridized carbons (Fsp3) is 0.438. The van der Waals surface area contributed by atoms with Crippen LogP contribution >= 0.6 is 0 Å². The first kappa shape index (κ1) is 31.7. The number of rotatable bonds is 10. The Labute approximate surface area is 242 Å². The van der Waals surface area contributed by atoms with E-state index in [1.807, 2.05) is 38.7 Å². The summed E-state index contributed by atoms with van der Waals surface area (Å²) in [5.41, 5.74) is 1.86. The van der Waals surface area contributed by atoms with E-state index in [0.29, 0.717) is 31.6 Å². The first-order valence-electron chi connectivity index (χ1n) is 14.1. The van der Waals surface area contributed by atoms with E-state index >= 15 is 0 Å². The van der Waals surface area contributed by atoms with Crippen LogP contribution in [0.4, 0.5) is 0 Å². The molecule has 4 amide bonds. The molecule has 2 N–H and O–H groups in total. The number of imide groups is 2. The van der Waals surface area contributed by atoms with Crippen molar-refractivity contribution in [3.63, 3.8) is 0 Å². The smallest absolute Gasteiger partial charge is 0.264 e. The Hall–Kier alpha value is -3.82. The molecule has 2 heterocycles. The SMILES string of the molecule is C=C/C=C1/C(=O)N(C(CO)C(C)CC)C(=O)C(=C)/C1=C1/CC(=O)N(C2=CC=C(N(CC)CCO)CC2C)C(=O)C1=C. The molecule has 3 atom stereocenters. The van der Waals surface area contributed by atoms with E-state index in [9.17, 15) is 29.4 Å². The lowest BCUT2D eigenvalue weighted by molar-refractivity contribution is -0.146. The predicted molar refractivity (Wildman–Crippen MR) is 157 cm³/mol. The molecule has 0 spiro atoms. The molecule has 0 aromatic rings. The fourth-order valence-corrected chi connectivity index (χ4v) is 5.65. The summed E-state index contributed by atoms with van der Waals surface area (Å²) in [5.74, 6) is -2.78. The van der Waals surface area contributed by atoms with E-state index in [1.54, 1.807) is 6.08 Å². The number of aliphatic hydroxyl groups is 2. The molecule has 3 rings (SSSR count). The van der Waals surface area contributed by atoms with Crippen molar-refractivity contribution in [3.8, 4) is 0 Å². The summed E-state index contributed by atoms with van der Waals surface area (Å²) in [4.78, 5) is 58.6. The van der Waals surface area contributed by atoms with Gasteiger partial charge >= 0.3 is 0 Å². The van der Waals surface area contributed by atoms with E-state index < -0.39 is 36.3 Å². The van der Waals surface area contributed by atoms with Crippen LogP contribution in [0.25, 0.3) is 0 Å². The highest BCUT2D eigenvalue weighted by Gasteiger charge is 2.45. The van der Waals surface area contributed by atoms with Crippen LogP contribution in [0.15, 0.2) is 83.3 Å². The molecule has 9 nitrogen and oxygen atoms in total. The average molecular weight is 564 g/mol. The Morgan fingerprint density at radius 2 is 1.76 bits per heavy atom. The van der Waals surface area contributed by atoms with Gasteiger partial charge in [0.15, 0.2) is 0 Å². The lowest BCUT2D eigenvalue weighted by Gasteiger charge is -2.40. The number of nitrogens with zero attached hydrogens (tertiary/aromatic N) is 3. The van der Waals surface area contributed by atoms with Crippen molar-refractivity contribution < 1.29 is 29.4 Å². The Bertz CT molecular complexity index is 1300. The van der Waals surface area contributed by atoms with Gasteiger partial charge in [0.05, 0.1) is 25.7 Å². The van der Waals surface area contributed by atoms with E-state index in [4.69, 9.17) is 0 Å². The summed E-state index contributed by atoms with van der Waals surface area (Å²) < 4.78 is 0. The molecule has 2 aliphatic heterocycles. The summed E-state index contributed by atoms with van der Waals surface area (Å²) in [6.07, 6.45) is 7.39. The van der Waals surface area contributed by atoms with Crippen LogP contribution in [0.1, 0.15) is 47.0 Å². The Morgan fingerprint density at radius 3 is 2.29 bits per heavy atom. The number of hydrogen-bond acceptors (Lipinski definition) is 7. The van der Waals surface area contributed by atoms with E-state index in [2.05, 4.69) is 19.7 Å². The van der Waals surface area contributed by atoms with Gasteiger partial charge in [0.2, 0.25) is 5.91 Å². The number of amides is 4. The molecule has 41 heavy (non-hydrogen) atoms. The maximum Gasteiger partial charge on any atom is 0.264 e. The Morgan fingerprint density at radius 1 is 1.07 bits per heavy atom. The largest absolute Gasteiger partial charge is 0.395 e. The number of carbonyl (C=O) groups excluding carboxylic acids is 4. The van der Waals surface area contributed by atoms with Gasteiger partial charge in [-0.3, -0.25) is 24.1 Å². The summed E-state index contributed by atoms with van der Waals surface area (Å²) in [5, 5.41) is 19.4. The maximum atomic E-state index is 13.7. The van der Waals surface area contributed by atoms with Crippen LogP contribution in [0.5, 0.6) is 0 Å². The van der Waals surface area contributed by atoms with E-state index in [1.165, 1.54) is 12.2 Å². The number of piperidine rings is 2. The van der Waals surface area contributed by atoms with Gasteiger partial charge < -0.3 is 15.1 Å². The molecule has 0 radical (unpaired) electrons. The second-order valence-electron chi connectivity index (χ2n) is 10.6. The lowest BCUT2D eigenvalue weighted by Crippen LogP contribution is -2.53. The number of allylic oxidation sites excluding steroid dienone is 6. The quantitative estimate of drug-likeness (QED) is 0.310. The predicted octanol–water partition coefficient (Wildman–Crippen LogP) is 3.16. The molecule has 0 bridgehead atoms. The van der Waals surface area contributed by atoms with Gasteiger partial charge in [0, 0.05) is 52.7 Å². The lowest BCUT2D eigenvalue weighted by atomic mass is 9.80. The zero-order valence-corrected chi connectivity index (χ0v) is 24.5. The topological polar surface area (TPSA) is 118 Å². The molecule has 2 fully saturated rings. The van der Waals surface area contributed by atoms with Crippen LogP contribution in [0.3, 0.4) is 0 Å². The zero-order chi connectivity index (χ0) is 30.6. The Kier molecular flexibility index (Phi) is 10.2. The molecule has 0 aromatic heterocycles. The van der Waals surface area contributed by atoms with Crippen molar-refractivity contribution in [2.75, 3.05) is 26.3 Å². The summed E-state index contributed by atoms with van der Waals surface area (Å²) in [6, 6.07) is -0.761. The highest BCUT2D eigenvalue weighted by molar-refractivity contribution is 6.22. The van der Waals surface area contributed by atoms with Crippen molar-refractivity contribution in [3.05, 3.63) is 83.3 Å². The molecule has 1 aliphatic carbocycles. The van der Waals surface area contributed by atoms with Crippen molar-refractivity contribution in [2.45, 2.75) is 53.0 Å². The highest BCUT2D eigenvalue weighted by Crippen LogP contribution is 2.40.